The van der Waals surface area contributed by atoms with Crippen molar-refractivity contribution in [3.63, 3.8) is 0 Å². The first-order valence-corrected chi connectivity index (χ1v) is 5.30. The molecule has 0 bridgehead atoms. The molecule has 6 nitrogen and oxygen atoms in total. The molecule has 0 aliphatic carbocycles. The third kappa shape index (κ3) is 1.64. The number of nitrogens with one attached hydrogen (secondary N) is 1. The van der Waals surface area contributed by atoms with Crippen molar-refractivity contribution < 1.29 is 14.4 Å². The van der Waals surface area contributed by atoms with Crippen molar-refractivity contribution in [1.82, 2.24) is 15.1 Å². The predicted molar refractivity (Wildman–Crippen MR) is 63.3 cm³/mol. The number of aromatic nitrogens is 3. The zero-order valence-corrected chi connectivity index (χ0v) is 9.47. The highest BCUT2D eigenvalue weighted by molar-refractivity contribution is 5.87. The van der Waals surface area contributed by atoms with Gasteiger partial charge in [0, 0.05) is 11.6 Å². The van der Waals surface area contributed by atoms with Crippen molar-refractivity contribution in [3.05, 3.63) is 35.8 Å². The Hall–Kier alpha value is -2.63. The van der Waals surface area contributed by atoms with E-state index in [2.05, 4.69) is 15.1 Å². The minimum atomic E-state index is -1.11. The summed E-state index contributed by atoms with van der Waals surface area (Å²) in [5.74, 6) is 0.135. The highest BCUT2D eigenvalue weighted by Gasteiger charge is 2.12. The fourth-order valence-electron chi connectivity index (χ4n) is 1.80. The van der Waals surface area contributed by atoms with Crippen LogP contribution in [0.3, 0.4) is 0 Å². The van der Waals surface area contributed by atoms with Crippen LogP contribution in [0.4, 0.5) is 0 Å². The number of H-pyrrole nitrogens is 1. The highest BCUT2D eigenvalue weighted by Crippen LogP contribution is 2.24. The van der Waals surface area contributed by atoms with E-state index in [0.717, 1.165) is 22.4 Å². The first-order chi connectivity index (χ1) is 8.63. The molecule has 0 fully saturated rings. The average molecular weight is 243 g/mol. The number of aromatic carboxylic acids is 1. The Bertz CT molecular complexity index is 742. The molecule has 0 amide bonds. The summed E-state index contributed by atoms with van der Waals surface area (Å²) in [7, 11) is 0. The summed E-state index contributed by atoms with van der Waals surface area (Å²) in [6.45, 7) is 1.87. The lowest BCUT2D eigenvalue weighted by Crippen LogP contribution is -1.94. The summed E-state index contributed by atoms with van der Waals surface area (Å²) in [5.41, 5.74) is 2.38. The molecule has 18 heavy (non-hydrogen) atoms. The lowest BCUT2D eigenvalue weighted by molar-refractivity contribution is 0.0686. The maximum absolute atomic E-state index is 10.7. The fourth-order valence-corrected chi connectivity index (χ4v) is 1.80. The van der Waals surface area contributed by atoms with E-state index in [0.29, 0.717) is 5.76 Å². The first kappa shape index (κ1) is 10.5. The number of hydrogen-bond acceptors (Lipinski definition) is 4. The van der Waals surface area contributed by atoms with Gasteiger partial charge in [0.05, 0.1) is 11.0 Å². The Kier molecular flexibility index (Phi) is 2.16. The van der Waals surface area contributed by atoms with Gasteiger partial charge in [-0.05, 0) is 25.1 Å². The summed E-state index contributed by atoms with van der Waals surface area (Å²) in [6, 6.07) is 6.90. The Labute approximate surface area is 101 Å². The van der Waals surface area contributed by atoms with Gasteiger partial charge in [0.25, 0.3) is 0 Å². The van der Waals surface area contributed by atoms with Gasteiger partial charge in [0.1, 0.15) is 5.82 Å². The largest absolute Gasteiger partial charge is 0.476 e. The molecule has 3 rings (SSSR count). The Morgan fingerprint density at radius 1 is 1.39 bits per heavy atom. The van der Waals surface area contributed by atoms with E-state index in [-0.39, 0.29) is 5.69 Å². The van der Waals surface area contributed by atoms with Crippen molar-refractivity contribution in [2.24, 2.45) is 0 Å². The average Bonchev–Trinajstić information content (AvgIpc) is 2.91. The summed E-state index contributed by atoms with van der Waals surface area (Å²) >= 11 is 0. The van der Waals surface area contributed by atoms with Crippen molar-refractivity contribution >= 4 is 17.0 Å². The second kappa shape index (κ2) is 3.69. The molecular weight excluding hydrogens is 234 g/mol. The third-order valence-electron chi connectivity index (χ3n) is 2.61. The lowest BCUT2D eigenvalue weighted by atomic mass is 10.1. The summed E-state index contributed by atoms with van der Waals surface area (Å²) in [5, 5.41) is 12.3. The maximum atomic E-state index is 10.7. The number of nitrogens with zero attached hydrogens (tertiary/aromatic N) is 2. The number of aromatic amines is 1. The number of rotatable bonds is 2. The second-order valence-corrected chi connectivity index (χ2v) is 3.94. The minimum absolute atomic E-state index is 0.106. The molecule has 0 saturated heterocycles. The fraction of sp³-hybridized carbons (Fsp3) is 0.0833. The molecule has 2 heterocycles. The number of carbonyl (C=O) groups is 1. The SMILES string of the molecule is Cc1nc2ccc(-c3cc(C(=O)O)no3)cc2[nH]1. The van der Waals surface area contributed by atoms with Crippen LogP contribution < -0.4 is 0 Å². The molecule has 0 radical (unpaired) electrons. The molecule has 0 unspecified atom stereocenters. The van der Waals surface area contributed by atoms with Crippen molar-refractivity contribution in [1.29, 1.82) is 0 Å². The number of imidazole rings is 1. The van der Waals surface area contributed by atoms with Gasteiger partial charge in [-0.25, -0.2) is 9.78 Å². The van der Waals surface area contributed by atoms with Crippen LogP contribution in [0, 0.1) is 6.92 Å². The van der Waals surface area contributed by atoms with E-state index in [1.165, 1.54) is 6.07 Å². The summed E-state index contributed by atoms with van der Waals surface area (Å²) < 4.78 is 5.00. The lowest BCUT2D eigenvalue weighted by Gasteiger charge is -1.94. The second-order valence-electron chi connectivity index (χ2n) is 3.94. The van der Waals surface area contributed by atoms with Crippen LogP contribution in [0.15, 0.2) is 28.8 Å². The third-order valence-corrected chi connectivity index (χ3v) is 2.61. The van der Waals surface area contributed by atoms with Crippen LogP contribution >= 0.6 is 0 Å². The summed E-state index contributed by atoms with van der Waals surface area (Å²) in [4.78, 5) is 18.1. The van der Waals surface area contributed by atoms with Crippen LogP contribution in [0.5, 0.6) is 0 Å². The number of aryl methyl sites for hydroxylation is 1. The smallest absolute Gasteiger partial charge is 0.358 e. The molecule has 90 valence electrons. The molecule has 2 aromatic heterocycles. The van der Waals surface area contributed by atoms with Gasteiger partial charge in [-0.3, -0.25) is 0 Å². The van der Waals surface area contributed by atoms with Gasteiger partial charge in [-0.2, -0.15) is 0 Å². The molecule has 0 aliphatic heterocycles. The van der Waals surface area contributed by atoms with E-state index in [4.69, 9.17) is 9.63 Å². The van der Waals surface area contributed by atoms with Gasteiger partial charge < -0.3 is 14.6 Å². The van der Waals surface area contributed by atoms with E-state index >= 15 is 0 Å². The van der Waals surface area contributed by atoms with Crippen LogP contribution in [-0.4, -0.2) is 26.2 Å². The molecule has 2 N–H and O–H groups in total. The van der Waals surface area contributed by atoms with Gasteiger partial charge in [0.2, 0.25) is 0 Å². The van der Waals surface area contributed by atoms with E-state index in [9.17, 15) is 4.79 Å². The zero-order valence-electron chi connectivity index (χ0n) is 9.47. The topological polar surface area (TPSA) is 92.0 Å². The van der Waals surface area contributed by atoms with Gasteiger partial charge in [-0.1, -0.05) is 5.16 Å². The van der Waals surface area contributed by atoms with Gasteiger partial charge in [-0.15, -0.1) is 0 Å². The first-order valence-electron chi connectivity index (χ1n) is 5.30. The van der Waals surface area contributed by atoms with E-state index in [1.54, 1.807) is 0 Å². The standard InChI is InChI=1S/C12H9N3O3/c1-6-13-8-3-2-7(4-9(8)14-6)11-5-10(12(16)17)15-18-11/h2-5H,1H3,(H,13,14)(H,16,17). The van der Waals surface area contributed by atoms with Crippen LogP contribution in [0.2, 0.25) is 0 Å². The number of carboxylic acid groups (broad SMARTS) is 1. The Balaban J connectivity index is 2.09. The van der Waals surface area contributed by atoms with Crippen molar-refractivity contribution in [3.8, 4) is 11.3 Å². The molecule has 0 saturated carbocycles. The monoisotopic (exact) mass is 243 g/mol. The van der Waals surface area contributed by atoms with E-state index in [1.807, 2.05) is 25.1 Å². The molecule has 6 heteroatoms. The molecule has 0 atom stereocenters. The molecule has 0 spiro atoms. The molecular formula is C12H9N3O3. The number of hydrogen-bond donors (Lipinski definition) is 2. The minimum Gasteiger partial charge on any atom is -0.476 e. The molecule has 0 aliphatic rings. The Morgan fingerprint density at radius 2 is 2.22 bits per heavy atom. The highest BCUT2D eigenvalue weighted by atomic mass is 16.5. The summed E-state index contributed by atoms with van der Waals surface area (Å²) in [6.07, 6.45) is 0. The zero-order chi connectivity index (χ0) is 12.7. The number of fused-ring (bicyclic) bond motifs is 1. The molecule has 3 aromatic rings. The maximum Gasteiger partial charge on any atom is 0.358 e. The van der Waals surface area contributed by atoms with Crippen molar-refractivity contribution in [2.45, 2.75) is 6.92 Å². The van der Waals surface area contributed by atoms with Crippen LogP contribution in [0.25, 0.3) is 22.4 Å². The quantitative estimate of drug-likeness (QED) is 0.720. The van der Waals surface area contributed by atoms with Crippen molar-refractivity contribution in [2.75, 3.05) is 0 Å². The van der Waals surface area contributed by atoms with Gasteiger partial charge in [0.15, 0.2) is 11.5 Å². The van der Waals surface area contributed by atoms with Crippen LogP contribution in [-0.2, 0) is 0 Å². The molecule has 1 aromatic carbocycles. The van der Waals surface area contributed by atoms with Gasteiger partial charge >= 0.3 is 5.97 Å². The Morgan fingerprint density at radius 3 is 2.94 bits per heavy atom. The van der Waals surface area contributed by atoms with Crippen LogP contribution in [0.1, 0.15) is 16.3 Å². The number of carboxylic acids is 1. The normalized spacial score (nSPS) is 10.9. The van der Waals surface area contributed by atoms with E-state index < -0.39 is 5.97 Å². The number of benzene rings is 1. The predicted octanol–water partition coefficient (Wildman–Crippen LogP) is 2.22.